The Balaban J connectivity index is 1.53. The van der Waals surface area contributed by atoms with Gasteiger partial charge in [0.1, 0.15) is 25.0 Å². The summed E-state index contributed by atoms with van der Waals surface area (Å²) in [6.45, 7) is -0.280. The molecule has 1 saturated heterocycles. The topological polar surface area (TPSA) is 117 Å². The maximum atomic E-state index is 13.8. The molecule has 0 saturated carbocycles. The Morgan fingerprint density at radius 2 is 1.61 bits per heavy atom. The Morgan fingerprint density at radius 3 is 2.24 bits per heavy atom. The highest BCUT2D eigenvalue weighted by atomic mass is 19.1. The van der Waals surface area contributed by atoms with Gasteiger partial charge in [0.2, 0.25) is 5.82 Å². The quantitative estimate of drug-likeness (QED) is 0.567. The van der Waals surface area contributed by atoms with E-state index < -0.39 is 47.4 Å². The molecule has 0 aliphatic carbocycles. The van der Waals surface area contributed by atoms with Gasteiger partial charge in [-0.2, -0.15) is 4.39 Å². The number of nitrogens with one attached hydrogen (secondary N) is 1. The van der Waals surface area contributed by atoms with Crippen molar-refractivity contribution in [1.82, 2.24) is 9.55 Å². The molecule has 0 radical (unpaired) electrons. The molecule has 1 aliphatic rings. The van der Waals surface area contributed by atoms with Gasteiger partial charge in [0.05, 0.1) is 17.3 Å². The molecule has 9 nitrogen and oxygen atoms in total. The van der Waals surface area contributed by atoms with Gasteiger partial charge in [0.15, 0.2) is 0 Å². The lowest BCUT2D eigenvalue weighted by Crippen LogP contribution is -2.34. The molecule has 0 amide bonds. The Labute approximate surface area is 186 Å². The van der Waals surface area contributed by atoms with E-state index in [9.17, 15) is 23.6 Å². The minimum atomic E-state index is -1.17. The molecule has 1 aliphatic heterocycles. The van der Waals surface area contributed by atoms with Crippen LogP contribution in [-0.4, -0.2) is 40.3 Å². The SMILES string of the molecule is O=C(OC[C@H]1O[C@@H](n2cc(F)c(=O)[nH]c2=O)CC1OC(=O)c1ccccc1)c1ccccc1. The first-order chi connectivity index (χ1) is 15.9. The Bertz CT molecular complexity index is 1260. The number of hydrogen-bond donors (Lipinski definition) is 1. The predicted octanol–water partition coefficient (Wildman–Crippen LogP) is 2.05. The number of nitrogens with zero attached hydrogens (tertiary/aromatic N) is 1. The van der Waals surface area contributed by atoms with Crippen molar-refractivity contribution >= 4 is 11.9 Å². The number of aromatic nitrogens is 2. The Hall–Kier alpha value is -4.05. The highest BCUT2D eigenvalue weighted by Gasteiger charge is 2.40. The van der Waals surface area contributed by atoms with Crippen LogP contribution in [0.15, 0.2) is 76.4 Å². The summed E-state index contributed by atoms with van der Waals surface area (Å²) in [5, 5.41) is 0. The number of H-pyrrole nitrogens is 1. The van der Waals surface area contributed by atoms with Gasteiger partial charge >= 0.3 is 17.6 Å². The van der Waals surface area contributed by atoms with Crippen LogP contribution in [0.2, 0.25) is 0 Å². The number of halogens is 1. The van der Waals surface area contributed by atoms with Gasteiger partial charge in [-0.25, -0.2) is 14.4 Å². The second-order valence-corrected chi connectivity index (χ2v) is 7.28. The van der Waals surface area contributed by atoms with Crippen molar-refractivity contribution < 1.29 is 28.2 Å². The van der Waals surface area contributed by atoms with Crippen LogP contribution in [0.3, 0.4) is 0 Å². The summed E-state index contributed by atoms with van der Waals surface area (Å²) in [4.78, 5) is 50.2. The third kappa shape index (κ3) is 5.07. The fourth-order valence-electron chi connectivity index (χ4n) is 3.42. The number of carbonyl (C=O) groups excluding carboxylic acids is 2. The van der Waals surface area contributed by atoms with E-state index in [4.69, 9.17) is 14.2 Å². The molecule has 4 rings (SSSR count). The molecule has 170 valence electrons. The van der Waals surface area contributed by atoms with E-state index >= 15 is 0 Å². The molecule has 0 spiro atoms. The van der Waals surface area contributed by atoms with E-state index in [-0.39, 0.29) is 13.0 Å². The minimum absolute atomic E-state index is 0.0302. The summed E-state index contributed by atoms with van der Waals surface area (Å²) in [6, 6.07) is 16.5. The fourth-order valence-corrected chi connectivity index (χ4v) is 3.42. The normalized spacial score (nSPS) is 19.7. The molecule has 0 bridgehead atoms. The van der Waals surface area contributed by atoms with E-state index in [1.165, 1.54) is 0 Å². The third-order valence-corrected chi connectivity index (χ3v) is 5.07. The van der Waals surface area contributed by atoms with Crippen molar-refractivity contribution in [3.63, 3.8) is 0 Å². The summed E-state index contributed by atoms with van der Waals surface area (Å²) in [5.41, 5.74) is -1.42. The molecular formula is C23H19FN2O7. The minimum Gasteiger partial charge on any atom is -0.459 e. The van der Waals surface area contributed by atoms with Gasteiger partial charge < -0.3 is 14.2 Å². The van der Waals surface area contributed by atoms with Crippen LogP contribution in [0.25, 0.3) is 0 Å². The maximum Gasteiger partial charge on any atom is 0.338 e. The van der Waals surface area contributed by atoms with Gasteiger partial charge in [0, 0.05) is 6.42 Å². The molecule has 33 heavy (non-hydrogen) atoms. The van der Waals surface area contributed by atoms with Crippen LogP contribution in [0.5, 0.6) is 0 Å². The second-order valence-electron chi connectivity index (χ2n) is 7.28. The Kier molecular flexibility index (Phi) is 6.45. The number of hydrogen-bond acceptors (Lipinski definition) is 7. The first-order valence-corrected chi connectivity index (χ1v) is 10.1. The molecule has 2 aromatic carbocycles. The molecule has 10 heteroatoms. The van der Waals surface area contributed by atoms with Crippen LogP contribution in [0.1, 0.15) is 33.4 Å². The summed E-state index contributed by atoms with van der Waals surface area (Å²) >= 11 is 0. The van der Waals surface area contributed by atoms with E-state index in [2.05, 4.69) is 0 Å². The molecule has 2 heterocycles. The standard InChI is InChI=1S/C23H19FN2O7/c24-16-12-26(23(30)25-20(16)27)19-11-17(33-22(29)15-9-5-2-6-10-15)18(32-19)13-31-21(28)14-7-3-1-4-8-14/h1-10,12,17-19H,11,13H2,(H,25,27,30)/t17?,18-,19-/m1/s1. The number of rotatable bonds is 6. The molecule has 3 aromatic rings. The smallest absolute Gasteiger partial charge is 0.338 e. The molecule has 1 N–H and O–H groups in total. The largest absolute Gasteiger partial charge is 0.459 e. The summed E-state index contributed by atoms with van der Waals surface area (Å²) in [7, 11) is 0. The van der Waals surface area contributed by atoms with Crippen LogP contribution in [0.4, 0.5) is 4.39 Å². The summed E-state index contributed by atoms with van der Waals surface area (Å²) in [5.74, 6) is -2.41. The lowest BCUT2D eigenvalue weighted by atomic mass is 10.1. The maximum absolute atomic E-state index is 13.8. The van der Waals surface area contributed by atoms with Gasteiger partial charge in [-0.05, 0) is 24.3 Å². The average molecular weight is 454 g/mol. The molecule has 1 fully saturated rings. The van der Waals surface area contributed by atoms with E-state index in [0.717, 1.165) is 10.8 Å². The molecule has 3 atom stereocenters. The number of benzene rings is 2. The first kappa shape index (κ1) is 22.2. The first-order valence-electron chi connectivity index (χ1n) is 10.1. The number of aromatic amines is 1. The van der Waals surface area contributed by atoms with Crippen LogP contribution in [0, 0.1) is 5.82 Å². The van der Waals surface area contributed by atoms with E-state index in [1.54, 1.807) is 60.7 Å². The predicted molar refractivity (Wildman–Crippen MR) is 112 cm³/mol. The van der Waals surface area contributed by atoms with Gasteiger partial charge in [-0.15, -0.1) is 0 Å². The number of carbonyl (C=O) groups is 2. The zero-order chi connectivity index (χ0) is 23.4. The lowest BCUT2D eigenvalue weighted by Gasteiger charge is -2.19. The highest BCUT2D eigenvalue weighted by molar-refractivity contribution is 5.90. The zero-order valence-corrected chi connectivity index (χ0v) is 17.2. The van der Waals surface area contributed by atoms with Crippen LogP contribution >= 0.6 is 0 Å². The van der Waals surface area contributed by atoms with Crippen molar-refractivity contribution in [2.24, 2.45) is 0 Å². The van der Waals surface area contributed by atoms with Crippen molar-refractivity contribution in [2.75, 3.05) is 6.61 Å². The lowest BCUT2D eigenvalue weighted by molar-refractivity contribution is -0.0584. The monoisotopic (exact) mass is 454 g/mol. The Morgan fingerprint density at radius 1 is 1.00 bits per heavy atom. The van der Waals surface area contributed by atoms with E-state index in [0.29, 0.717) is 11.1 Å². The molecule has 1 unspecified atom stereocenters. The van der Waals surface area contributed by atoms with Crippen molar-refractivity contribution in [3.05, 3.63) is 105 Å². The van der Waals surface area contributed by atoms with Gasteiger partial charge in [-0.3, -0.25) is 14.3 Å². The van der Waals surface area contributed by atoms with Crippen LogP contribution < -0.4 is 11.2 Å². The second kappa shape index (κ2) is 9.61. The van der Waals surface area contributed by atoms with Crippen molar-refractivity contribution in [2.45, 2.75) is 24.9 Å². The zero-order valence-electron chi connectivity index (χ0n) is 17.2. The van der Waals surface area contributed by atoms with Gasteiger partial charge in [0.25, 0.3) is 5.56 Å². The van der Waals surface area contributed by atoms with Crippen LogP contribution in [-0.2, 0) is 14.2 Å². The summed E-state index contributed by atoms with van der Waals surface area (Å²) in [6.07, 6.45) is -2.21. The fraction of sp³-hybridized carbons (Fsp3) is 0.217. The third-order valence-electron chi connectivity index (χ3n) is 5.07. The number of ether oxygens (including phenoxy) is 3. The average Bonchev–Trinajstić information content (AvgIpc) is 3.23. The van der Waals surface area contributed by atoms with Crippen molar-refractivity contribution in [1.29, 1.82) is 0 Å². The number of esters is 2. The molecular weight excluding hydrogens is 435 g/mol. The summed E-state index contributed by atoms with van der Waals surface area (Å²) < 4.78 is 31.3. The molecule has 1 aromatic heterocycles. The van der Waals surface area contributed by atoms with Crippen molar-refractivity contribution in [3.8, 4) is 0 Å². The van der Waals surface area contributed by atoms with Gasteiger partial charge in [-0.1, -0.05) is 36.4 Å². The highest BCUT2D eigenvalue weighted by Crippen LogP contribution is 2.31. The van der Waals surface area contributed by atoms with E-state index in [1.807, 2.05) is 4.98 Å².